The van der Waals surface area contributed by atoms with Gasteiger partial charge in [0.2, 0.25) is 0 Å². The van der Waals surface area contributed by atoms with Crippen molar-refractivity contribution in [2.24, 2.45) is 0 Å². The van der Waals surface area contributed by atoms with Gasteiger partial charge in [-0.15, -0.1) is 0 Å². The molecule has 0 bridgehead atoms. The van der Waals surface area contributed by atoms with Crippen LogP contribution in [0.15, 0.2) is 24.4 Å². The third-order valence-electron chi connectivity index (χ3n) is 1.81. The van der Waals surface area contributed by atoms with Gasteiger partial charge in [-0.1, -0.05) is 17.8 Å². The highest BCUT2D eigenvalue weighted by molar-refractivity contribution is 8.01. The van der Waals surface area contributed by atoms with E-state index < -0.39 is 0 Å². The first-order valence-electron chi connectivity index (χ1n) is 4.04. The molecule has 2 unspecified atom stereocenters. The van der Waals surface area contributed by atoms with Crippen molar-refractivity contribution < 1.29 is 9.53 Å². The van der Waals surface area contributed by atoms with Gasteiger partial charge in [0.05, 0.1) is 5.69 Å². The van der Waals surface area contributed by atoms with Crippen LogP contribution in [-0.4, -0.2) is 16.2 Å². The fourth-order valence-corrected chi connectivity index (χ4v) is 2.08. The molecule has 0 aromatic carbocycles. The van der Waals surface area contributed by atoms with E-state index in [0.717, 1.165) is 5.69 Å². The quantitative estimate of drug-likeness (QED) is 0.640. The number of ether oxygens (including phenoxy) is 1. The number of nitrogens with zero attached hydrogens (tertiary/aromatic N) is 1. The highest BCUT2D eigenvalue weighted by Crippen LogP contribution is 2.39. The van der Waals surface area contributed by atoms with Gasteiger partial charge in [-0.3, -0.25) is 9.78 Å². The second kappa shape index (κ2) is 3.38. The maximum absolute atomic E-state index is 11.1. The summed E-state index contributed by atoms with van der Waals surface area (Å²) in [6.45, 7) is 1.84. The lowest BCUT2D eigenvalue weighted by Gasteiger charge is -2.05. The van der Waals surface area contributed by atoms with Crippen molar-refractivity contribution in [1.82, 2.24) is 4.98 Å². The number of carbonyl (C=O) groups excluding carboxylic acids is 1. The molecule has 3 nitrogen and oxygen atoms in total. The van der Waals surface area contributed by atoms with E-state index in [1.54, 1.807) is 6.20 Å². The number of rotatable bonds is 1. The number of cyclic esters (lactones) is 1. The average molecular weight is 195 g/mol. The van der Waals surface area contributed by atoms with Crippen LogP contribution in [0.1, 0.15) is 18.1 Å². The Kier molecular flexibility index (Phi) is 2.22. The number of esters is 1. The van der Waals surface area contributed by atoms with Gasteiger partial charge in [-0.05, 0) is 19.1 Å². The van der Waals surface area contributed by atoms with Gasteiger partial charge in [0.15, 0.2) is 5.44 Å². The predicted octanol–water partition coefficient (Wildman–Crippen LogP) is 1.76. The first kappa shape index (κ1) is 8.56. The summed E-state index contributed by atoms with van der Waals surface area (Å²) in [5.74, 6) is -0.152. The molecule has 2 heterocycles. The lowest BCUT2D eigenvalue weighted by Crippen LogP contribution is -2.06. The van der Waals surface area contributed by atoms with E-state index in [1.807, 2.05) is 25.1 Å². The summed E-state index contributed by atoms with van der Waals surface area (Å²) in [6.07, 6.45) is 1.70. The van der Waals surface area contributed by atoms with Crippen molar-refractivity contribution in [3.05, 3.63) is 30.1 Å². The number of thioether (sulfide) groups is 1. The molecule has 0 amide bonds. The summed E-state index contributed by atoms with van der Waals surface area (Å²) in [5.41, 5.74) is 0.592. The molecule has 0 spiro atoms. The van der Waals surface area contributed by atoms with Gasteiger partial charge in [0, 0.05) is 6.20 Å². The molecule has 1 fully saturated rings. The number of hydrogen-bond donors (Lipinski definition) is 0. The minimum atomic E-state index is -0.219. The second-order valence-electron chi connectivity index (χ2n) is 2.80. The maximum Gasteiger partial charge on any atom is 0.320 e. The number of carbonyl (C=O) groups is 1. The normalized spacial score (nSPS) is 27.3. The summed E-state index contributed by atoms with van der Waals surface area (Å²) >= 11 is 1.49. The molecular formula is C9H9NO2S. The monoisotopic (exact) mass is 195 g/mol. The first-order valence-corrected chi connectivity index (χ1v) is 4.98. The summed E-state index contributed by atoms with van der Waals surface area (Å²) in [7, 11) is 0. The van der Waals surface area contributed by atoms with E-state index in [9.17, 15) is 4.79 Å². The van der Waals surface area contributed by atoms with Crippen molar-refractivity contribution >= 4 is 17.7 Å². The van der Waals surface area contributed by atoms with Gasteiger partial charge >= 0.3 is 5.97 Å². The molecule has 1 aromatic heterocycles. The van der Waals surface area contributed by atoms with Crippen LogP contribution in [-0.2, 0) is 9.53 Å². The minimum Gasteiger partial charge on any atom is -0.444 e. The Labute approximate surface area is 80.5 Å². The molecule has 2 atom stereocenters. The smallest absolute Gasteiger partial charge is 0.320 e. The molecule has 2 rings (SSSR count). The lowest BCUT2D eigenvalue weighted by molar-refractivity contribution is -0.142. The Morgan fingerprint density at radius 1 is 1.54 bits per heavy atom. The summed E-state index contributed by atoms with van der Waals surface area (Å²) < 4.78 is 5.12. The van der Waals surface area contributed by atoms with E-state index in [1.165, 1.54) is 11.8 Å². The second-order valence-corrected chi connectivity index (χ2v) is 4.21. The Morgan fingerprint density at radius 3 is 2.92 bits per heavy atom. The van der Waals surface area contributed by atoms with Gasteiger partial charge in [-0.25, -0.2) is 0 Å². The predicted molar refractivity (Wildman–Crippen MR) is 50.1 cm³/mol. The molecule has 1 aromatic rings. The SMILES string of the molecule is CC1SC(c2ccccn2)OC1=O. The lowest BCUT2D eigenvalue weighted by atomic mass is 10.4. The Balaban J connectivity index is 2.17. The van der Waals surface area contributed by atoms with Crippen LogP contribution < -0.4 is 0 Å². The van der Waals surface area contributed by atoms with Crippen LogP contribution >= 0.6 is 11.8 Å². The largest absolute Gasteiger partial charge is 0.444 e. The van der Waals surface area contributed by atoms with Crippen molar-refractivity contribution in [2.45, 2.75) is 17.6 Å². The Hall–Kier alpha value is -1.03. The van der Waals surface area contributed by atoms with Crippen LogP contribution in [0.4, 0.5) is 0 Å². The van der Waals surface area contributed by atoms with Crippen LogP contribution in [0.2, 0.25) is 0 Å². The van der Waals surface area contributed by atoms with E-state index in [2.05, 4.69) is 4.98 Å². The molecule has 1 aliphatic rings. The molecule has 0 radical (unpaired) electrons. The zero-order chi connectivity index (χ0) is 9.26. The zero-order valence-electron chi connectivity index (χ0n) is 7.14. The minimum absolute atomic E-state index is 0.0768. The van der Waals surface area contributed by atoms with Crippen LogP contribution in [0.25, 0.3) is 0 Å². The van der Waals surface area contributed by atoms with Gasteiger partial charge < -0.3 is 4.74 Å². The third-order valence-corrected chi connectivity index (χ3v) is 3.00. The topological polar surface area (TPSA) is 39.2 Å². The van der Waals surface area contributed by atoms with Crippen molar-refractivity contribution in [2.75, 3.05) is 0 Å². The average Bonchev–Trinajstić information content (AvgIpc) is 2.49. The van der Waals surface area contributed by atoms with E-state index in [-0.39, 0.29) is 16.7 Å². The number of aromatic nitrogens is 1. The molecule has 68 valence electrons. The summed E-state index contributed by atoms with van der Waals surface area (Å²) in [4.78, 5) is 15.2. The molecule has 4 heteroatoms. The van der Waals surface area contributed by atoms with E-state index >= 15 is 0 Å². The first-order chi connectivity index (χ1) is 6.27. The van der Waals surface area contributed by atoms with Gasteiger partial charge in [-0.2, -0.15) is 0 Å². The highest BCUT2D eigenvalue weighted by atomic mass is 32.2. The molecule has 0 N–H and O–H groups in total. The van der Waals surface area contributed by atoms with Gasteiger partial charge in [0.25, 0.3) is 0 Å². The fourth-order valence-electron chi connectivity index (χ4n) is 1.12. The third kappa shape index (κ3) is 1.67. The van der Waals surface area contributed by atoms with Gasteiger partial charge in [0.1, 0.15) is 5.25 Å². The van der Waals surface area contributed by atoms with E-state index in [4.69, 9.17) is 4.74 Å². The molecule has 0 aliphatic carbocycles. The molecule has 1 saturated heterocycles. The zero-order valence-corrected chi connectivity index (χ0v) is 7.95. The van der Waals surface area contributed by atoms with Crippen LogP contribution in [0.3, 0.4) is 0 Å². The van der Waals surface area contributed by atoms with Crippen molar-refractivity contribution in [3.63, 3.8) is 0 Å². The standard InChI is InChI=1S/C9H9NO2S/c1-6-8(11)12-9(13-6)7-4-2-3-5-10-7/h2-6,9H,1H3. The number of pyridine rings is 1. The Morgan fingerprint density at radius 2 is 2.38 bits per heavy atom. The fraction of sp³-hybridized carbons (Fsp3) is 0.333. The number of hydrogen-bond acceptors (Lipinski definition) is 4. The molecule has 1 aliphatic heterocycles. The molecule has 13 heavy (non-hydrogen) atoms. The van der Waals surface area contributed by atoms with Crippen LogP contribution in [0.5, 0.6) is 0 Å². The molecule has 0 saturated carbocycles. The summed E-state index contributed by atoms with van der Waals surface area (Å²) in [5, 5.41) is -0.0768. The van der Waals surface area contributed by atoms with E-state index in [0.29, 0.717) is 0 Å². The van der Waals surface area contributed by atoms with Crippen LogP contribution in [0, 0.1) is 0 Å². The highest BCUT2D eigenvalue weighted by Gasteiger charge is 2.33. The van der Waals surface area contributed by atoms with Crippen molar-refractivity contribution in [1.29, 1.82) is 0 Å². The summed E-state index contributed by atoms with van der Waals surface area (Å²) in [6, 6.07) is 5.59. The van der Waals surface area contributed by atoms with Crippen molar-refractivity contribution in [3.8, 4) is 0 Å². The Bertz CT molecular complexity index is 315. The maximum atomic E-state index is 11.1. The molecular weight excluding hydrogens is 186 g/mol.